The fourth-order valence-electron chi connectivity index (χ4n) is 3.56. The minimum Gasteiger partial charge on any atom is -0.464 e. The van der Waals surface area contributed by atoms with Crippen LogP contribution in [0, 0.1) is 5.82 Å². The molecule has 144 valence electrons. The highest BCUT2D eigenvalue weighted by Crippen LogP contribution is 2.44. The van der Waals surface area contributed by atoms with Gasteiger partial charge in [0.25, 0.3) is 0 Å². The van der Waals surface area contributed by atoms with Gasteiger partial charge in [0, 0.05) is 48.5 Å². The highest BCUT2D eigenvalue weighted by atomic mass is 19.1. The van der Waals surface area contributed by atoms with Crippen molar-refractivity contribution in [2.75, 3.05) is 7.11 Å². The van der Waals surface area contributed by atoms with Crippen LogP contribution in [-0.2, 0) is 11.8 Å². The first-order chi connectivity index (χ1) is 14.1. The Bertz CT molecular complexity index is 1150. The highest BCUT2D eigenvalue weighted by Gasteiger charge is 2.28. The van der Waals surface area contributed by atoms with Gasteiger partial charge in [0.15, 0.2) is 0 Å². The molecular formula is C23H18FN3O2. The third-order valence-electron chi connectivity index (χ3n) is 4.83. The lowest BCUT2D eigenvalue weighted by Crippen LogP contribution is -2.09. The van der Waals surface area contributed by atoms with Crippen LogP contribution in [0.15, 0.2) is 73.3 Å². The number of pyridine rings is 2. The van der Waals surface area contributed by atoms with Crippen LogP contribution in [0.1, 0.15) is 10.5 Å². The molecular weight excluding hydrogens is 369 g/mol. The van der Waals surface area contributed by atoms with E-state index < -0.39 is 5.97 Å². The minimum atomic E-state index is -0.470. The normalized spacial score (nSPS) is 10.7. The number of hydrogen-bond donors (Lipinski definition) is 0. The Morgan fingerprint density at radius 2 is 1.34 bits per heavy atom. The van der Waals surface area contributed by atoms with E-state index in [1.165, 1.54) is 19.2 Å². The molecule has 0 unspecified atom stereocenters. The van der Waals surface area contributed by atoms with E-state index in [0.29, 0.717) is 11.3 Å². The number of halogens is 1. The summed E-state index contributed by atoms with van der Waals surface area (Å²) in [7, 11) is 3.17. The quantitative estimate of drug-likeness (QED) is 0.475. The van der Waals surface area contributed by atoms with Crippen LogP contribution in [0.2, 0.25) is 0 Å². The second-order valence-electron chi connectivity index (χ2n) is 6.48. The van der Waals surface area contributed by atoms with Crippen molar-refractivity contribution < 1.29 is 13.9 Å². The van der Waals surface area contributed by atoms with E-state index >= 15 is 0 Å². The highest BCUT2D eigenvalue weighted by molar-refractivity contribution is 6.06. The van der Waals surface area contributed by atoms with Crippen molar-refractivity contribution in [1.29, 1.82) is 0 Å². The Labute approximate surface area is 167 Å². The first kappa shape index (κ1) is 18.6. The molecule has 5 nitrogen and oxygen atoms in total. The van der Waals surface area contributed by atoms with E-state index in [0.717, 1.165) is 27.9 Å². The van der Waals surface area contributed by atoms with Gasteiger partial charge in [-0.1, -0.05) is 12.1 Å². The van der Waals surface area contributed by atoms with Crippen LogP contribution < -0.4 is 0 Å². The molecule has 4 rings (SSSR count). The van der Waals surface area contributed by atoms with E-state index in [1.54, 1.807) is 36.9 Å². The molecule has 0 bridgehead atoms. The molecule has 0 saturated heterocycles. The zero-order chi connectivity index (χ0) is 20.4. The van der Waals surface area contributed by atoms with E-state index in [9.17, 15) is 9.18 Å². The second-order valence-corrected chi connectivity index (χ2v) is 6.48. The first-order valence-electron chi connectivity index (χ1n) is 8.99. The molecule has 29 heavy (non-hydrogen) atoms. The maximum Gasteiger partial charge on any atom is 0.355 e. The summed E-state index contributed by atoms with van der Waals surface area (Å²) in [5, 5.41) is 0. The Kier molecular flexibility index (Phi) is 4.91. The fraction of sp³-hybridized carbons (Fsp3) is 0.0870. The predicted molar refractivity (Wildman–Crippen MR) is 109 cm³/mol. The number of benzene rings is 1. The zero-order valence-electron chi connectivity index (χ0n) is 16.0. The third-order valence-corrected chi connectivity index (χ3v) is 4.83. The first-order valence-corrected chi connectivity index (χ1v) is 8.99. The summed E-state index contributed by atoms with van der Waals surface area (Å²) in [6.07, 6.45) is 6.80. The Balaban J connectivity index is 2.15. The van der Waals surface area contributed by atoms with Gasteiger partial charge in [0.1, 0.15) is 11.5 Å². The van der Waals surface area contributed by atoms with Crippen LogP contribution in [0.3, 0.4) is 0 Å². The maximum absolute atomic E-state index is 13.6. The van der Waals surface area contributed by atoms with E-state index in [1.807, 2.05) is 35.9 Å². The van der Waals surface area contributed by atoms with Gasteiger partial charge in [0.2, 0.25) is 0 Å². The monoisotopic (exact) mass is 387 g/mol. The molecule has 0 N–H and O–H groups in total. The van der Waals surface area contributed by atoms with E-state index in [4.69, 9.17) is 4.74 Å². The number of aromatic nitrogens is 3. The Hall–Kier alpha value is -3.80. The average Bonchev–Trinajstić information content (AvgIpc) is 3.08. The largest absolute Gasteiger partial charge is 0.464 e. The molecule has 6 heteroatoms. The number of ether oxygens (including phenoxy) is 1. The predicted octanol–water partition coefficient (Wildman–Crippen LogP) is 4.74. The number of carbonyl (C=O) groups is 1. The number of esters is 1. The lowest BCUT2D eigenvalue weighted by Gasteiger charge is -2.10. The number of rotatable bonds is 4. The summed E-state index contributed by atoms with van der Waals surface area (Å²) < 4.78 is 20.5. The summed E-state index contributed by atoms with van der Waals surface area (Å²) in [5.41, 5.74) is 5.24. The molecule has 0 aliphatic carbocycles. The van der Waals surface area contributed by atoms with Gasteiger partial charge in [-0.3, -0.25) is 9.97 Å². The molecule has 0 spiro atoms. The maximum atomic E-state index is 13.6. The molecule has 0 aliphatic rings. The van der Waals surface area contributed by atoms with Gasteiger partial charge in [-0.15, -0.1) is 0 Å². The summed E-state index contributed by atoms with van der Waals surface area (Å²) in [6.45, 7) is 0. The van der Waals surface area contributed by atoms with Crippen molar-refractivity contribution in [2.24, 2.45) is 7.05 Å². The van der Waals surface area contributed by atoms with Crippen LogP contribution in [0.5, 0.6) is 0 Å². The average molecular weight is 387 g/mol. The second kappa shape index (κ2) is 7.67. The van der Waals surface area contributed by atoms with Crippen LogP contribution >= 0.6 is 0 Å². The summed E-state index contributed by atoms with van der Waals surface area (Å²) >= 11 is 0. The van der Waals surface area contributed by atoms with Gasteiger partial charge in [-0.05, 0) is 47.5 Å². The lowest BCUT2D eigenvalue weighted by molar-refractivity contribution is 0.0591. The summed E-state index contributed by atoms with van der Waals surface area (Å²) in [4.78, 5) is 21.0. The van der Waals surface area contributed by atoms with Gasteiger partial charge in [-0.25, -0.2) is 9.18 Å². The van der Waals surface area contributed by atoms with Crippen molar-refractivity contribution in [2.45, 2.75) is 0 Å². The number of carbonyl (C=O) groups excluding carboxylic acids is 1. The minimum absolute atomic E-state index is 0.343. The van der Waals surface area contributed by atoms with Crippen molar-refractivity contribution in [3.63, 3.8) is 0 Å². The van der Waals surface area contributed by atoms with Gasteiger partial charge in [0.05, 0.1) is 12.8 Å². The standard InChI is InChI=1S/C23H18FN3O2/c1-27-21(17-9-13-26-14-10-17)19(16-7-11-25-12-8-16)20(22(27)23(28)29-2)15-3-5-18(24)6-4-15/h3-14H,1-2H3. The smallest absolute Gasteiger partial charge is 0.355 e. The zero-order valence-corrected chi connectivity index (χ0v) is 16.0. The van der Waals surface area contributed by atoms with Crippen molar-refractivity contribution in [1.82, 2.24) is 14.5 Å². The van der Waals surface area contributed by atoms with Gasteiger partial charge < -0.3 is 9.30 Å². The third kappa shape index (κ3) is 3.29. The molecule has 0 radical (unpaired) electrons. The molecule has 0 saturated carbocycles. The Morgan fingerprint density at radius 1 is 0.828 bits per heavy atom. The summed E-state index contributed by atoms with van der Waals surface area (Å²) in [6, 6.07) is 13.6. The van der Waals surface area contributed by atoms with Crippen molar-refractivity contribution >= 4 is 5.97 Å². The number of nitrogens with zero attached hydrogens (tertiary/aromatic N) is 3. The van der Waals surface area contributed by atoms with Crippen LogP contribution in [0.4, 0.5) is 4.39 Å². The molecule has 3 heterocycles. The lowest BCUT2D eigenvalue weighted by atomic mass is 9.93. The molecule has 0 atom stereocenters. The van der Waals surface area contributed by atoms with Gasteiger partial charge >= 0.3 is 5.97 Å². The van der Waals surface area contributed by atoms with Crippen LogP contribution in [0.25, 0.3) is 33.5 Å². The molecule has 4 aromatic rings. The molecule has 0 fully saturated rings. The van der Waals surface area contributed by atoms with Crippen molar-refractivity contribution in [3.05, 3.63) is 84.8 Å². The molecule has 3 aromatic heterocycles. The molecule has 1 aromatic carbocycles. The Morgan fingerprint density at radius 3 is 1.90 bits per heavy atom. The number of hydrogen-bond acceptors (Lipinski definition) is 4. The summed E-state index contributed by atoms with van der Waals surface area (Å²) in [5.74, 6) is -0.813. The van der Waals surface area contributed by atoms with E-state index in [-0.39, 0.29) is 5.82 Å². The van der Waals surface area contributed by atoms with Gasteiger partial charge in [-0.2, -0.15) is 0 Å². The van der Waals surface area contributed by atoms with E-state index in [2.05, 4.69) is 9.97 Å². The molecule has 0 amide bonds. The fourth-order valence-corrected chi connectivity index (χ4v) is 3.56. The van der Waals surface area contributed by atoms with Crippen LogP contribution in [-0.4, -0.2) is 27.6 Å². The topological polar surface area (TPSA) is 57.0 Å². The van der Waals surface area contributed by atoms with Crippen molar-refractivity contribution in [3.8, 4) is 33.5 Å². The number of methoxy groups -OCH3 is 1. The SMILES string of the molecule is COC(=O)c1c(-c2ccc(F)cc2)c(-c2ccncc2)c(-c2ccncc2)n1C. The molecule has 0 aliphatic heterocycles.